The highest BCUT2D eigenvalue weighted by atomic mass is 127. The minimum absolute atomic E-state index is 0.0790. The molecule has 0 aromatic heterocycles. The van der Waals surface area contributed by atoms with Gasteiger partial charge in [-0.3, -0.25) is 9.59 Å². The summed E-state index contributed by atoms with van der Waals surface area (Å²) in [4.78, 5) is 22.9. The molecule has 0 aliphatic carbocycles. The largest absolute Gasteiger partial charge is 0.483 e. The third kappa shape index (κ3) is 5.03. The number of carbonyl (C=O) groups is 2. The zero-order valence-electron chi connectivity index (χ0n) is 11.9. The van der Waals surface area contributed by atoms with Gasteiger partial charge in [0.15, 0.2) is 6.61 Å². The van der Waals surface area contributed by atoms with Crippen molar-refractivity contribution >= 4 is 45.8 Å². The molecule has 22 heavy (non-hydrogen) atoms. The van der Waals surface area contributed by atoms with Crippen molar-refractivity contribution in [2.75, 3.05) is 17.2 Å². The molecule has 0 aliphatic rings. The van der Waals surface area contributed by atoms with E-state index in [4.69, 9.17) is 4.74 Å². The van der Waals surface area contributed by atoms with E-state index >= 15 is 0 Å². The SMILES string of the molecule is CC(=O)Nc1cccc(NC(=O)COc2ccccc2I)c1. The van der Waals surface area contributed by atoms with Crippen molar-refractivity contribution in [2.24, 2.45) is 0 Å². The number of benzene rings is 2. The average Bonchev–Trinajstić information content (AvgIpc) is 2.46. The molecular formula is C16H15IN2O3. The van der Waals surface area contributed by atoms with E-state index in [1.54, 1.807) is 24.3 Å². The summed E-state index contributed by atoms with van der Waals surface area (Å²) in [5.41, 5.74) is 1.23. The number of para-hydroxylation sites is 1. The van der Waals surface area contributed by atoms with E-state index in [0.717, 1.165) is 3.57 Å². The number of rotatable bonds is 5. The average molecular weight is 410 g/mol. The van der Waals surface area contributed by atoms with Crippen LogP contribution < -0.4 is 15.4 Å². The fourth-order valence-corrected chi connectivity index (χ4v) is 2.32. The number of ether oxygens (including phenoxy) is 1. The molecule has 0 fully saturated rings. The van der Waals surface area contributed by atoms with Crippen LogP contribution in [0.4, 0.5) is 11.4 Å². The first-order chi connectivity index (χ1) is 10.5. The zero-order valence-corrected chi connectivity index (χ0v) is 14.1. The van der Waals surface area contributed by atoms with E-state index in [1.807, 2.05) is 24.3 Å². The third-order valence-corrected chi connectivity index (χ3v) is 3.55. The van der Waals surface area contributed by atoms with Crippen LogP contribution in [0.5, 0.6) is 5.75 Å². The molecule has 2 N–H and O–H groups in total. The maximum atomic E-state index is 11.9. The lowest BCUT2D eigenvalue weighted by Crippen LogP contribution is -2.20. The van der Waals surface area contributed by atoms with E-state index in [9.17, 15) is 9.59 Å². The van der Waals surface area contributed by atoms with Crippen molar-refractivity contribution in [3.05, 3.63) is 52.1 Å². The summed E-state index contributed by atoms with van der Waals surface area (Å²) in [5, 5.41) is 5.39. The minimum Gasteiger partial charge on any atom is -0.483 e. The Labute approximate surface area is 142 Å². The highest BCUT2D eigenvalue weighted by molar-refractivity contribution is 14.1. The highest BCUT2D eigenvalue weighted by Gasteiger charge is 2.06. The van der Waals surface area contributed by atoms with Crippen LogP contribution in [0.3, 0.4) is 0 Å². The zero-order chi connectivity index (χ0) is 15.9. The van der Waals surface area contributed by atoms with Crippen LogP contribution >= 0.6 is 22.6 Å². The Bertz CT molecular complexity index is 689. The van der Waals surface area contributed by atoms with E-state index in [-0.39, 0.29) is 18.4 Å². The number of carbonyl (C=O) groups excluding carboxylic acids is 2. The van der Waals surface area contributed by atoms with Gasteiger partial charge in [-0.05, 0) is 52.9 Å². The molecule has 0 aliphatic heterocycles. The van der Waals surface area contributed by atoms with Crippen molar-refractivity contribution in [2.45, 2.75) is 6.92 Å². The quantitative estimate of drug-likeness (QED) is 0.744. The lowest BCUT2D eigenvalue weighted by molar-refractivity contribution is -0.118. The summed E-state index contributed by atoms with van der Waals surface area (Å²) in [7, 11) is 0. The number of hydrogen-bond acceptors (Lipinski definition) is 3. The van der Waals surface area contributed by atoms with E-state index in [0.29, 0.717) is 17.1 Å². The molecule has 0 saturated heterocycles. The van der Waals surface area contributed by atoms with Gasteiger partial charge < -0.3 is 15.4 Å². The van der Waals surface area contributed by atoms with Gasteiger partial charge in [0, 0.05) is 18.3 Å². The summed E-state index contributed by atoms with van der Waals surface area (Å²) in [5.74, 6) is 0.246. The van der Waals surface area contributed by atoms with Gasteiger partial charge in [0.2, 0.25) is 5.91 Å². The molecular weight excluding hydrogens is 395 g/mol. The van der Waals surface area contributed by atoms with Crippen LogP contribution in [0.1, 0.15) is 6.92 Å². The summed E-state index contributed by atoms with van der Waals surface area (Å²) in [6.07, 6.45) is 0. The molecule has 2 amide bonds. The van der Waals surface area contributed by atoms with Crippen LogP contribution in [0.15, 0.2) is 48.5 Å². The molecule has 0 atom stereocenters. The van der Waals surface area contributed by atoms with Gasteiger partial charge in [-0.2, -0.15) is 0 Å². The predicted octanol–water partition coefficient (Wildman–Crippen LogP) is 3.27. The second kappa shape index (κ2) is 7.79. The maximum Gasteiger partial charge on any atom is 0.262 e. The van der Waals surface area contributed by atoms with E-state index in [2.05, 4.69) is 33.2 Å². The van der Waals surface area contributed by atoms with Crippen molar-refractivity contribution < 1.29 is 14.3 Å². The lowest BCUT2D eigenvalue weighted by atomic mass is 10.2. The molecule has 0 bridgehead atoms. The second-order valence-corrected chi connectivity index (χ2v) is 5.69. The Morgan fingerprint density at radius 2 is 1.73 bits per heavy atom. The molecule has 2 aromatic carbocycles. The smallest absolute Gasteiger partial charge is 0.262 e. The Balaban J connectivity index is 1.92. The molecule has 6 heteroatoms. The highest BCUT2D eigenvalue weighted by Crippen LogP contribution is 2.20. The Hall–Kier alpha value is -2.09. The number of amides is 2. The fourth-order valence-electron chi connectivity index (χ4n) is 1.78. The topological polar surface area (TPSA) is 67.4 Å². The fraction of sp³-hybridized carbons (Fsp3) is 0.125. The first-order valence-corrected chi connectivity index (χ1v) is 7.67. The van der Waals surface area contributed by atoms with E-state index in [1.165, 1.54) is 6.92 Å². The third-order valence-electron chi connectivity index (χ3n) is 2.66. The van der Waals surface area contributed by atoms with Crippen LogP contribution in [-0.2, 0) is 9.59 Å². The monoisotopic (exact) mass is 410 g/mol. The maximum absolute atomic E-state index is 11.9. The van der Waals surface area contributed by atoms with Crippen LogP contribution in [-0.4, -0.2) is 18.4 Å². The van der Waals surface area contributed by atoms with Gasteiger partial charge in [-0.1, -0.05) is 18.2 Å². The first kappa shape index (κ1) is 16.3. The Morgan fingerprint density at radius 1 is 1.05 bits per heavy atom. The predicted molar refractivity (Wildman–Crippen MR) is 94.0 cm³/mol. The van der Waals surface area contributed by atoms with Gasteiger partial charge in [-0.25, -0.2) is 0 Å². The summed E-state index contributed by atoms with van der Waals surface area (Å²) < 4.78 is 6.42. The van der Waals surface area contributed by atoms with Gasteiger partial charge in [0.05, 0.1) is 3.57 Å². The van der Waals surface area contributed by atoms with Crippen LogP contribution in [0.25, 0.3) is 0 Å². The van der Waals surface area contributed by atoms with Crippen molar-refractivity contribution in [1.29, 1.82) is 0 Å². The summed E-state index contributed by atoms with van der Waals surface area (Å²) >= 11 is 2.15. The molecule has 0 saturated carbocycles. The molecule has 2 aromatic rings. The molecule has 2 rings (SSSR count). The van der Waals surface area contributed by atoms with Crippen LogP contribution in [0.2, 0.25) is 0 Å². The normalized spacial score (nSPS) is 9.91. The number of anilines is 2. The lowest BCUT2D eigenvalue weighted by Gasteiger charge is -2.10. The van der Waals surface area contributed by atoms with E-state index < -0.39 is 0 Å². The summed E-state index contributed by atoms with van der Waals surface area (Å²) in [6, 6.07) is 14.4. The Morgan fingerprint density at radius 3 is 2.41 bits per heavy atom. The second-order valence-electron chi connectivity index (χ2n) is 4.53. The molecule has 0 radical (unpaired) electrons. The molecule has 0 unspecified atom stereocenters. The minimum atomic E-state index is -0.264. The molecule has 0 spiro atoms. The standard InChI is InChI=1S/C16H15IN2O3/c1-11(20)18-12-5-4-6-13(9-12)19-16(21)10-22-15-8-3-2-7-14(15)17/h2-9H,10H2,1H3,(H,18,20)(H,19,21). The number of hydrogen-bond donors (Lipinski definition) is 2. The van der Waals surface area contributed by atoms with Gasteiger partial charge >= 0.3 is 0 Å². The molecule has 114 valence electrons. The van der Waals surface area contributed by atoms with Gasteiger partial charge in [-0.15, -0.1) is 0 Å². The Kier molecular flexibility index (Phi) is 5.76. The molecule has 5 nitrogen and oxygen atoms in total. The van der Waals surface area contributed by atoms with Crippen molar-refractivity contribution in [3.8, 4) is 5.75 Å². The first-order valence-electron chi connectivity index (χ1n) is 6.59. The van der Waals surface area contributed by atoms with Crippen molar-refractivity contribution in [1.82, 2.24) is 0 Å². The van der Waals surface area contributed by atoms with Crippen molar-refractivity contribution in [3.63, 3.8) is 0 Å². The number of nitrogens with one attached hydrogen (secondary N) is 2. The van der Waals surface area contributed by atoms with Gasteiger partial charge in [0.1, 0.15) is 5.75 Å². The summed E-state index contributed by atoms with van der Waals surface area (Å²) in [6.45, 7) is 1.35. The van der Waals surface area contributed by atoms with Gasteiger partial charge in [0.25, 0.3) is 5.91 Å². The molecule has 0 heterocycles. The number of halogens is 1. The van der Waals surface area contributed by atoms with Crippen LogP contribution in [0, 0.1) is 3.57 Å².